The fraction of sp³-hybridized carbons (Fsp3) is 0.462. The van der Waals surface area contributed by atoms with Crippen LogP contribution in [0.4, 0.5) is 11.4 Å². The van der Waals surface area contributed by atoms with E-state index in [0.29, 0.717) is 36.3 Å². The van der Waals surface area contributed by atoms with Crippen molar-refractivity contribution in [1.29, 1.82) is 5.26 Å². The van der Waals surface area contributed by atoms with E-state index in [1.165, 1.54) is 0 Å². The summed E-state index contributed by atoms with van der Waals surface area (Å²) in [5.41, 5.74) is 6.70. The monoisotopic (exact) mass is 233 g/mol. The summed E-state index contributed by atoms with van der Waals surface area (Å²) < 4.78 is 0. The van der Waals surface area contributed by atoms with Crippen LogP contribution < -0.4 is 11.1 Å². The molecule has 0 spiro atoms. The van der Waals surface area contributed by atoms with E-state index < -0.39 is 5.60 Å². The van der Waals surface area contributed by atoms with Crippen LogP contribution in [0.1, 0.15) is 32.3 Å². The van der Waals surface area contributed by atoms with Gasteiger partial charge in [-0.15, -0.1) is 0 Å². The average molecular weight is 233 g/mol. The van der Waals surface area contributed by atoms with Gasteiger partial charge in [0.05, 0.1) is 22.5 Å². The zero-order valence-electron chi connectivity index (χ0n) is 10.3. The average Bonchev–Trinajstić information content (AvgIpc) is 2.37. The first kappa shape index (κ1) is 13.3. The van der Waals surface area contributed by atoms with Crippen molar-refractivity contribution in [2.24, 2.45) is 0 Å². The molecular formula is C13H19N3O. The molecule has 92 valence electrons. The van der Waals surface area contributed by atoms with Gasteiger partial charge in [-0.2, -0.15) is 5.26 Å². The van der Waals surface area contributed by atoms with Crippen LogP contribution in [0.3, 0.4) is 0 Å². The fourth-order valence-electron chi connectivity index (χ4n) is 1.58. The number of nitrogen functional groups attached to an aromatic ring is 1. The Kier molecular flexibility index (Phi) is 4.36. The summed E-state index contributed by atoms with van der Waals surface area (Å²) in [6.45, 7) is 4.32. The van der Waals surface area contributed by atoms with Crippen LogP contribution in [0, 0.1) is 11.3 Å². The maximum Gasteiger partial charge on any atom is 0.101 e. The molecule has 4 nitrogen and oxygen atoms in total. The lowest BCUT2D eigenvalue weighted by Gasteiger charge is -2.26. The summed E-state index contributed by atoms with van der Waals surface area (Å²) in [7, 11) is 0. The minimum atomic E-state index is -0.727. The lowest BCUT2D eigenvalue weighted by molar-refractivity contribution is 0.0457. The van der Waals surface area contributed by atoms with Crippen molar-refractivity contribution < 1.29 is 5.11 Å². The van der Waals surface area contributed by atoms with Gasteiger partial charge >= 0.3 is 0 Å². The Bertz CT molecular complexity index is 419. The number of hydrogen-bond donors (Lipinski definition) is 3. The van der Waals surface area contributed by atoms with Crippen LogP contribution in [-0.2, 0) is 0 Å². The molecule has 0 unspecified atom stereocenters. The summed E-state index contributed by atoms with van der Waals surface area (Å²) in [6, 6.07) is 7.29. The van der Waals surface area contributed by atoms with Gasteiger partial charge in [0, 0.05) is 6.54 Å². The summed E-state index contributed by atoms with van der Waals surface area (Å²) in [5.74, 6) is 0. The SMILES string of the molecule is CCC(O)(CC)CNc1cccc(C#N)c1N. The predicted octanol–water partition coefficient (Wildman–Crippen LogP) is 2.10. The topological polar surface area (TPSA) is 82.1 Å². The minimum Gasteiger partial charge on any atom is -0.396 e. The van der Waals surface area contributed by atoms with Crippen LogP contribution >= 0.6 is 0 Å². The normalized spacial score (nSPS) is 10.9. The second-order valence-corrected chi connectivity index (χ2v) is 4.16. The van der Waals surface area contributed by atoms with E-state index in [1.54, 1.807) is 12.1 Å². The van der Waals surface area contributed by atoms with Crippen molar-refractivity contribution in [2.45, 2.75) is 32.3 Å². The third-order valence-corrected chi connectivity index (χ3v) is 3.15. The summed E-state index contributed by atoms with van der Waals surface area (Å²) in [5, 5.41) is 22.1. The Morgan fingerprint density at radius 2 is 2.06 bits per heavy atom. The Morgan fingerprint density at radius 3 is 2.59 bits per heavy atom. The number of nitrogens with two attached hydrogens (primary N) is 1. The van der Waals surface area contributed by atoms with Gasteiger partial charge in [0.2, 0.25) is 0 Å². The van der Waals surface area contributed by atoms with Crippen LogP contribution in [0.5, 0.6) is 0 Å². The summed E-state index contributed by atoms with van der Waals surface area (Å²) >= 11 is 0. The molecule has 4 heteroatoms. The molecule has 0 aliphatic carbocycles. The number of hydrogen-bond acceptors (Lipinski definition) is 4. The van der Waals surface area contributed by atoms with Crippen LogP contribution in [-0.4, -0.2) is 17.3 Å². The standard InChI is InChI=1S/C13H19N3O/c1-3-13(17,4-2)9-16-11-7-5-6-10(8-14)12(11)15/h5-7,16-17H,3-4,9,15H2,1-2H3. The third-order valence-electron chi connectivity index (χ3n) is 3.15. The summed E-state index contributed by atoms with van der Waals surface area (Å²) in [4.78, 5) is 0. The van der Waals surface area contributed by atoms with Gasteiger partial charge in [0.15, 0.2) is 0 Å². The van der Waals surface area contributed by atoms with Crippen molar-refractivity contribution in [3.8, 4) is 6.07 Å². The van der Waals surface area contributed by atoms with Gasteiger partial charge in [-0.25, -0.2) is 0 Å². The number of benzene rings is 1. The molecule has 0 fully saturated rings. The number of rotatable bonds is 5. The third kappa shape index (κ3) is 3.11. The predicted molar refractivity (Wildman–Crippen MR) is 69.6 cm³/mol. The van der Waals surface area contributed by atoms with Crippen molar-refractivity contribution in [1.82, 2.24) is 0 Å². The van der Waals surface area contributed by atoms with E-state index in [9.17, 15) is 5.11 Å². The molecule has 0 aromatic heterocycles. The fourth-order valence-corrected chi connectivity index (χ4v) is 1.58. The second kappa shape index (κ2) is 5.55. The molecule has 0 bridgehead atoms. The van der Waals surface area contributed by atoms with Crippen LogP contribution in [0.15, 0.2) is 18.2 Å². The zero-order valence-corrected chi connectivity index (χ0v) is 10.3. The Labute approximate surface area is 102 Å². The maximum absolute atomic E-state index is 10.1. The van der Waals surface area contributed by atoms with Crippen LogP contribution in [0.25, 0.3) is 0 Å². The smallest absolute Gasteiger partial charge is 0.101 e. The molecule has 0 atom stereocenters. The number of para-hydroxylation sites is 1. The molecule has 4 N–H and O–H groups in total. The highest BCUT2D eigenvalue weighted by atomic mass is 16.3. The molecule has 1 aromatic rings. The second-order valence-electron chi connectivity index (χ2n) is 4.16. The highest BCUT2D eigenvalue weighted by Gasteiger charge is 2.22. The first-order valence-corrected chi connectivity index (χ1v) is 5.81. The number of anilines is 2. The number of aliphatic hydroxyl groups is 1. The van der Waals surface area contributed by atoms with Gasteiger partial charge in [0.1, 0.15) is 6.07 Å². The van der Waals surface area contributed by atoms with E-state index in [4.69, 9.17) is 11.0 Å². The number of nitriles is 1. The largest absolute Gasteiger partial charge is 0.396 e. The quantitative estimate of drug-likeness (QED) is 0.680. The van der Waals surface area contributed by atoms with E-state index in [-0.39, 0.29) is 0 Å². The highest BCUT2D eigenvalue weighted by Crippen LogP contribution is 2.23. The lowest BCUT2D eigenvalue weighted by Crippen LogP contribution is -2.35. The molecule has 0 heterocycles. The molecule has 17 heavy (non-hydrogen) atoms. The van der Waals surface area contributed by atoms with E-state index >= 15 is 0 Å². The molecule has 1 rings (SSSR count). The maximum atomic E-state index is 10.1. The van der Waals surface area contributed by atoms with Gasteiger partial charge in [-0.05, 0) is 25.0 Å². The first-order chi connectivity index (χ1) is 8.06. The minimum absolute atomic E-state index is 0.430. The Balaban J connectivity index is 2.80. The first-order valence-electron chi connectivity index (χ1n) is 5.81. The van der Waals surface area contributed by atoms with Gasteiger partial charge in [0.25, 0.3) is 0 Å². The Hall–Kier alpha value is -1.73. The van der Waals surface area contributed by atoms with Gasteiger partial charge in [-0.1, -0.05) is 19.9 Å². The van der Waals surface area contributed by atoms with Crippen molar-refractivity contribution in [3.63, 3.8) is 0 Å². The zero-order chi connectivity index (χ0) is 12.9. The van der Waals surface area contributed by atoms with E-state index in [1.807, 2.05) is 26.0 Å². The van der Waals surface area contributed by atoms with Crippen molar-refractivity contribution in [3.05, 3.63) is 23.8 Å². The van der Waals surface area contributed by atoms with Crippen LogP contribution in [0.2, 0.25) is 0 Å². The molecule has 1 aromatic carbocycles. The molecule has 0 aliphatic heterocycles. The lowest BCUT2D eigenvalue weighted by atomic mass is 9.97. The molecule has 0 amide bonds. The van der Waals surface area contributed by atoms with Crippen molar-refractivity contribution >= 4 is 11.4 Å². The number of nitrogens with one attached hydrogen (secondary N) is 1. The van der Waals surface area contributed by atoms with Gasteiger partial charge < -0.3 is 16.2 Å². The van der Waals surface area contributed by atoms with Gasteiger partial charge in [-0.3, -0.25) is 0 Å². The molecule has 0 saturated carbocycles. The molecule has 0 aliphatic rings. The van der Waals surface area contributed by atoms with E-state index in [0.717, 1.165) is 0 Å². The van der Waals surface area contributed by atoms with E-state index in [2.05, 4.69) is 5.32 Å². The molecular weight excluding hydrogens is 214 g/mol. The molecule has 0 radical (unpaired) electrons. The van der Waals surface area contributed by atoms with Crippen molar-refractivity contribution in [2.75, 3.05) is 17.6 Å². The Morgan fingerprint density at radius 1 is 1.41 bits per heavy atom. The number of nitrogens with zero attached hydrogens (tertiary/aromatic N) is 1. The summed E-state index contributed by atoms with van der Waals surface area (Å²) in [6.07, 6.45) is 1.35. The molecule has 0 saturated heterocycles. The highest BCUT2D eigenvalue weighted by molar-refractivity contribution is 5.72.